The molecular formula is C12H15NOS. The van der Waals surface area contributed by atoms with Gasteiger partial charge in [-0.25, -0.2) is 0 Å². The number of aromatic nitrogens is 1. The predicted molar refractivity (Wildman–Crippen MR) is 62.0 cm³/mol. The molecule has 0 aliphatic heterocycles. The van der Waals surface area contributed by atoms with E-state index in [9.17, 15) is 4.79 Å². The summed E-state index contributed by atoms with van der Waals surface area (Å²) in [7, 11) is 0. The van der Waals surface area contributed by atoms with E-state index in [0.29, 0.717) is 6.42 Å². The highest BCUT2D eigenvalue weighted by molar-refractivity contribution is 7.09. The van der Waals surface area contributed by atoms with Crippen LogP contribution < -0.4 is 0 Å². The lowest BCUT2D eigenvalue weighted by Crippen LogP contribution is -2.01. The summed E-state index contributed by atoms with van der Waals surface area (Å²) in [4.78, 5) is 16.7. The van der Waals surface area contributed by atoms with Gasteiger partial charge in [0.15, 0.2) is 5.78 Å². The molecule has 80 valence electrons. The summed E-state index contributed by atoms with van der Waals surface area (Å²) < 4.78 is 0. The Morgan fingerprint density at radius 3 is 2.87 bits per heavy atom. The maximum absolute atomic E-state index is 11.7. The number of allylic oxidation sites excluding steroid dienone is 2. The molecule has 1 aromatic heterocycles. The van der Waals surface area contributed by atoms with Crippen LogP contribution in [-0.2, 0) is 11.2 Å². The summed E-state index contributed by atoms with van der Waals surface area (Å²) in [6.07, 6.45) is 10.2. The summed E-state index contributed by atoms with van der Waals surface area (Å²) in [5, 5.41) is 0. The fourth-order valence-electron chi connectivity index (χ4n) is 1.93. The van der Waals surface area contributed by atoms with E-state index in [1.54, 1.807) is 23.0 Å². The van der Waals surface area contributed by atoms with Crippen LogP contribution in [0, 0.1) is 0 Å². The maximum atomic E-state index is 11.7. The van der Waals surface area contributed by atoms with Crippen LogP contribution in [-0.4, -0.2) is 10.8 Å². The molecule has 0 spiro atoms. The minimum atomic E-state index is 0.233. The van der Waals surface area contributed by atoms with Crippen molar-refractivity contribution in [3.63, 3.8) is 0 Å². The Morgan fingerprint density at radius 2 is 2.20 bits per heavy atom. The highest BCUT2D eigenvalue weighted by Crippen LogP contribution is 2.22. The van der Waals surface area contributed by atoms with Crippen molar-refractivity contribution in [2.75, 3.05) is 0 Å². The highest BCUT2D eigenvalue weighted by Gasteiger charge is 2.08. The lowest BCUT2D eigenvalue weighted by molar-refractivity contribution is -0.114. The van der Waals surface area contributed by atoms with Crippen molar-refractivity contribution in [2.45, 2.75) is 38.5 Å². The molecule has 1 fully saturated rings. The van der Waals surface area contributed by atoms with E-state index < -0.39 is 0 Å². The van der Waals surface area contributed by atoms with Gasteiger partial charge in [-0.2, -0.15) is 0 Å². The molecule has 0 aromatic carbocycles. The van der Waals surface area contributed by atoms with Crippen molar-refractivity contribution in [3.05, 3.63) is 28.2 Å². The molecule has 2 nitrogen and oxygen atoms in total. The summed E-state index contributed by atoms with van der Waals surface area (Å²) in [6, 6.07) is 0. The molecule has 1 aromatic rings. The molecule has 1 heterocycles. The van der Waals surface area contributed by atoms with Gasteiger partial charge in [0.05, 0.1) is 5.51 Å². The van der Waals surface area contributed by atoms with Crippen LogP contribution in [0.15, 0.2) is 23.4 Å². The van der Waals surface area contributed by atoms with E-state index >= 15 is 0 Å². The molecule has 0 atom stereocenters. The second-order valence-electron chi connectivity index (χ2n) is 3.97. The largest absolute Gasteiger partial charge is 0.294 e. The molecule has 1 aliphatic rings. The highest BCUT2D eigenvalue weighted by atomic mass is 32.1. The maximum Gasteiger partial charge on any atom is 0.160 e. The molecule has 0 unspecified atom stereocenters. The number of hydrogen-bond acceptors (Lipinski definition) is 3. The SMILES string of the molecule is O=C(C=C1CCCCC1)Cc1cncs1. The Kier molecular flexibility index (Phi) is 3.67. The van der Waals surface area contributed by atoms with Crippen LogP contribution in [0.4, 0.5) is 0 Å². The van der Waals surface area contributed by atoms with Gasteiger partial charge in [0.25, 0.3) is 0 Å². The standard InChI is InChI=1S/C12H15NOS/c14-11(7-12-8-13-9-15-12)6-10-4-2-1-3-5-10/h6,8-9H,1-5,7H2. The van der Waals surface area contributed by atoms with Gasteiger partial charge in [-0.15, -0.1) is 11.3 Å². The number of nitrogens with zero attached hydrogens (tertiary/aromatic N) is 1. The second kappa shape index (κ2) is 5.21. The van der Waals surface area contributed by atoms with Crippen molar-refractivity contribution in [3.8, 4) is 0 Å². The molecule has 0 N–H and O–H groups in total. The monoisotopic (exact) mass is 221 g/mol. The third kappa shape index (κ3) is 3.27. The Bertz CT molecular complexity index is 346. The van der Waals surface area contributed by atoms with Crippen LogP contribution in [0.2, 0.25) is 0 Å². The van der Waals surface area contributed by atoms with E-state index in [0.717, 1.165) is 17.7 Å². The first-order valence-corrected chi connectivity index (χ1v) is 6.32. The summed E-state index contributed by atoms with van der Waals surface area (Å²) in [5.41, 5.74) is 3.12. The van der Waals surface area contributed by atoms with Crippen LogP contribution in [0.3, 0.4) is 0 Å². The minimum Gasteiger partial charge on any atom is -0.294 e. The molecule has 0 amide bonds. The molecule has 15 heavy (non-hydrogen) atoms. The van der Waals surface area contributed by atoms with Crippen LogP contribution in [0.25, 0.3) is 0 Å². The third-order valence-corrected chi connectivity index (χ3v) is 3.47. The predicted octanol–water partition coefficient (Wildman–Crippen LogP) is 3.15. The smallest absolute Gasteiger partial charge is 0.160 e. The van der Waals surface area contributed by atoms with Crippen molar-refractivity contribution in [2.24, 2.45) is 0 Å². The zero-order chi connectivity index (χ0) is 10.5. The number of thiazole rings is 1. The first-order valence-electron chi connectivity index (χ1n) is 5.44. The van der Waals surface area contributed by atoms with E-state index in [1.807, 2.05) is 6.08 Å². The van der Waals surface area contributed by atoms with Crippen molar-refractivity contribution >= 4 is 17.1 Å². The first-order chi connectivity index (χ1) is 7.34. The number of ketones is 1. The van der Waals surface area contributed by atoms with Crippen LogP contribution in [0.1, 0.15) is 37.0 Å². The molecule has 1 aliphatic carbocycles. The first kappa shape index (κ1) is 10.6. The van der Waals surface area contributed by atoms with Gasteiger partial charge in [-0.3, -0.25) is 9.78 Å². The Labute approximate surface area is 94.0 Å². The quantitative estimate of drug-likeness (QED) is 0.734. The fraction of sp³-hybridized carbons (Fsp3) is 0.500. The molecule has 0 bridgehead atoms. The van der Waals surface area contributed by atoms with E-state index in [2.05, 4.69) is 4.98 Å². The summed E-state index contributed by atoms with van der Waals surface area (Å²) >= 11 is 1.55. The van der Waals surface area contributed by atoms with Crippen LogP contribution >= 0.6 is 11.3 Å². The Morgan fingerprint density at radius 1 is 1.40 bits per heavy atom. The molecule has 1 saturated carbocycles. The number of carbonyl (C=O) groups excluding carboxylic acids is 1. The van der Waals surface area contributed by atoms with Gasteiger partial charge in [-0.1, -0.05) is 12.0 Å². The normalized spacial score (nSPS) is 16.4. The van der Waals surface area contributed by atoms with E-state index in [-0.39, 0.29) is 5.78 Å². The average Bonchev–Trinajstić information content (AvgIpc) is 2.71. The van der Waals surface area contributed by atoms with Crippen molar-refractivity contribution < 1.29 is 4.79 Å². The van der Waals surface area contributed by atoms with Gasteiger partial charge in [0.2, 0.25) is 0 Å². The molecular weight excluding hydrogens is 206 g/mol. The lowest BCUT2D eigenvalue weighted by Gasteiger charge is -2.12. The van der Waals surface area contributed by atoms with Gasteiger partial charge in [0, 0.05) is 17.5 Å². The topological polar surface area (TPSA) is 30.0 Å². The number of carbonyl (C=O) groups is 1. The molecule has 2 rings (SSSR count). The third-order valence-electron chi connectivity index (χ3n) is 2.69. The zero-order valence-electron chi connectivity index (χ0n) is 8.74. The zero-order valence-corrected chi connectivity index (χ0v) is 9.55. The summed E-state index contributed by atoms with van der Waals surface area (Å²) in [6.45, 7) is 0. The van der Waals surface area contributed by atoms with E-state index in [1.165, 1.54) is 24.8 Å². The fourth-order valence-corrected chi connectivity index (χ4v) is 2.53. The van der Waals surface area contributed by atoms with Gasteiger partial charge < -0.3 is 0 Å². The molecule has 3 heteroatoms. The second-order valence-corrected chi connectivity index (χ2v) is 4.94. The molecule has 0 saturated heterocycles. The number of hydrogen-bond donors (Lipinski definition) is 0. The van der Waals surface area contributed by atoms with Crippen molar-refractivity contribution in [1.29, 1.82) is 0 Å². The van der Waals surface area contributed by atoms with Gasteiger partial charge in [-0.05, 0) is 31.8 Å². The molecule has 0 radical (unpaired) electrons. The summed E-state index contributed by atoms with van der Waals surface area (Å²) in [5.74, 6) is 0.233. The minimum absolute atomic E-state index is 0.233. The number of rotatable bonds is 3. The van der Waals surface area contributed by atoms with Crippen LogP contribution in [0.5, 0.6) is 0 Å². The Hall–Kier alpha value is -0.960. The Balaban J connectivity index is 1.91. The van der Waals surface area contributed by atoms with Crippen molar-refractivity contribution in [1.82, 2.24) is 4.98 Å². The van der Waals surface area contributed by atoms with E-state index in [4.69, 9.17) is 0 Å². The van der Waals surface area contributed by atoms with Gasteiger partial charge >= 0.3 is 0 Å². The average molecular weight is 221 g/mol. The lowest BCUT2D eigenvalue weighted by atomic mass is 9.94. The van der Waals surface area contributed by atoms with Gasteiger partial charge in [0.1, 0.15) is 0 Å².